The number of anilines is 1. The fourth-order valence-corrected chi connectivity index (χ4v) is 1.68. The molecule has 1 aromatic rings. The molecule has 0 aliphatic carbocycles. The van der Waals surface area contributed by atoms with E-state index in [0.717, 1.165) is 17.0 Å². The van der Waals surface area contributed by atoms with Crippen LogP contribution in [-0.4, -0.2) is 17.0 Å². The SMILES string of the molecule is CCC(Br)C(=O)Nc1cccc(SC)c1. The molecule has 0 fully saturated rings. The maximum atomic E-state index is 11.6. The second-order valence-corrected chi connectivity index (χ2v) is 5.08. The van der Waals surface area contributed by atoms with E-state index in [2.05, 4.69) is 21.2 Å². The summed E-state index contributed by atoms with van der Waals surface area (Å²) in [5, 5.41) is 2.87. The molecule has 2 nitrogen and oxygen atoms in total. The lowest BCUT2D eigenvalue weighted by Gasteiger charge is -2.09. The van der Waals surface area contributed by atoms with Gasteiger partial charge in [-0.25, -0.2) is 0 Å². The van der Waals surface area contributed by atoms with Gasteiger partial charge in [-0.15, -0.1) is 11.8 Å². The highest BCUT2D eigenvalue weighted by Gasteiger charge is 2.11. The molecular formula is C11H14BrNOS. The number of amides is 1. The van der Waals surface area contributed by atoms with Crippen molar-refractivity contribution in [1.29, 1.82) is 0 Å². The zero-order valence-electron chi connectivity index (χ0n) is 8.79. The summed E-state index contributed by atoms with van der Waals surface area (Å²) in [4.78, 5) is 12.6. The van der Waals surface area contributed by atoms with Crippen LogP contribution >= 0.6 is 27.7 Å². The molecule has 0 saturated heterocycles. The quantitative estimate of drug-likeness (QED) is 0.678. The van der Waals surface area contributed by atoms with Crippen LogP contribution in [0.5, 0.6) is 0 Å². The van der Waals surface area contributed by atoms with Crippen molar-refractivity contribution in [1.82, 2.24) is 0 Å². The first-order valence-electron chi connectivity index (χ1n) is 4.76. The summed E-state index contributed by atoms with van der Waals surface area (Å²) in [6, 6.07) is 7.83. The molecule has 1 N–H and O–H groups in total. The summed E-state index contributed by atoms with van der Waals surface area (Å²) < 4.78 is 0. The van der Waals surface area contributed by atoms with Gasteiger partial charge in [0.05, 0.1) is 4.83 Å². The lowest BCUT2D eigenvalue weighted by Crippen LogP contribution is -2.21. The molecule has 0 saturated carbocycles. The van der Waals surface area contributed by atoms with Gasteiger partial charge in [-0.1, -0.05) is 28.9 Å². The Labute approximate surface area is 103 Å². The molecule has 1 unspecified atom stereocenters. The molecule has 4 heteroatoms. The lowest BCUT2D eigenvalue weighted by molar-refractivity contribution is -0.115. The molecule has 15 heavy (non-hydrogen) atoms. The van der Waals surface area contributed by atoms with Gasteiger partial charge >= 0.3 is 0 Å². The summed E-state index contributed by atoms with van der Waals surface area (Å²) in [6.07, 6.45) is 2.80. The molecule has 0 aromatic heterocycles. The van der Waals surface area contributed by atoms with Gasteiger partial charge in [0.25, 0.3) is 0 Å². The Hall–Kier alpha value is -0.480. The fourth-order valence-electron chi connectivity index (χ4n) is 1.11. The van der Waals surface area contributed by atoms with Crippen molar-refractivity contribution in [2.24, 2.45) is 0 Å². The average molecular weight is 288 g/mol. The number of rotatable bonds is 4. The van der Waals surface area contributed by atoms with E-state index < -0.39 is 0 Å². The third-order valence-electron chi connectivity index (χ3n) is 1.98. The average Bonchev–Trinajstić information content (AvgIpc) is 2.28. The number of carbonyl (C=O) groups is 1. The molecule has 0 aliphatic heterocycles. The molecule has 1 amide bonds. The fraction of sp³-hybridized carbons (Fsp3) is 0.364. The van der Waals surface area contributed by atoms with Gasteiger partial charge in [-0.2, -0.15) is 0 Å². The maximum absolute atomic E-state index is 11.6. The number of halogens is 1. The van der Waals surface area contributed by atoms with E-state index in [0.29, 0.717) is 0 Å². The number of carbonyl (C=O) groups excluding carboxylic acids is 1. The van der Waals surface area contributed by atoms with Crippen LogP contribution in [0.4, 0.5) is 5.69 Å². The molecule has 0 aliphatic rings. The van der Waals surface area contributed by atoms with E-state index in [4.69, 9.17) is 0 Å². The molecule has 82 valence electrons. The lowest BCUT2D eigenvalue weighted by atomic mass is 10.3. The monoisotopic (exact) mass is 287 g/mol. The van der Waals surface area contributed by atoms with Gasteiger partial charge in [-0.3, -0.25) is 4.79 Å². The topological polar surface area (TPSA) is 29.1 Å². The zero-order chi connectivity index (χ0) is 11.3. The van der Waals surface area contributed by atoms with Crippen LogP contribution < -0.4 is 5.32 Å². The van der Waals surface area contributed by atoms with Gasteiger partial charge in [0.2, 0.25) is 5.91 Å². The Morgan fingerprint density at radius 2 is 2.33 bits per heavy atom. The van der Waals surface area contributed by atoms with Crippen LogP contribution in [0, 0.1) is 0 Å². The minimum atomic E-state index is -0.115. The van der Waals surface area contributed by atoms with E-state index in [1.165, 1.54) is 0 Å². The molecular weight excluding hydrogens is 274 g/mol. The zero-order valence-corrected chi connectivity index (χ0v) is 11.2. The Balaban J connectivity index is 2.68. The van der Waals surface area contributed by atoms with Gasteiger partial charge in [0, 0.05) is 10.6 Å². The van der Waals surface area contributed by atoms with E-state index in [-0.39, 0.29) is 10.7 Å². The summed E-state index contributed by atoms with van der Waals surface area (Å²) in [6.45, 7) is 1.97. The van der Waals surface area contributed by atoms with E-state index >= 15 is 0 Å². The number of alkyl halides is 1. The van der Waals surface area contributed by atoms with Crippen LogP contribution in [0.15, 0.2) is 29.2 Å². The summed E-state index contributed by atoms with van der Waals surface area (Å²) >= 11 is 4.98. The van der Waals surface area contributed by atoms with Crippen molar-refractivity contribution >= 4 is 39.3 Å². The van der Waals surface area contributed by atoms with Crippen molar-refractivity contribution in [3.05, 3.63) is 24.3 Å². The molecule has 1 aromatic carbocycles. The van der Waals surface area contributed by atoms with Crippen LogP contribution in [0.3, 0.4) is 0 Å². The Kier molecular flexibility index (Phi) is 5.19. The first-order chi connectivity index (χ1) is 7.17. The number of thioether (sulfide) groups is 1. The predicted molar refractivity (Wildman–Crippen MR) is 69.9 cm³/mol. The van der Waals surface area contributed by atoms with Crippen molar-refractivity contribution < 1.29 is 4.79 Å². The van der Waals surface area contributed by atoms with Crippen LogP contribution in [0.1, 0.15) is 13.3 Å². The second kappa shape index (κ2) is 6.18. The third-order valence-corrected chi connectivity index (χ3v) is 3.77. The normalized spacial score (nSPS) is 12.2. The Morgan fingerprint density at radius 3 is 2.93 bits per heavy atom. The first-order valence-corrected chi connectivity index (χ1v) is 6.90. The molecule has 0 heterocycles. The number of hydrogen-bond acceptors (Lipinski definition) is 2. The van der Waals surface area contributed by atoms with E-state index in [1.807, 2.05) is 37.4 Å². The molecule has 1 rings (SSSR count). The highest BCUT2D eigenvalue weighted by atomic mass is 79.9. The highest BCUT2D eigenvalue weighted by Crippen LogP contribution is 2.19. The molecule has 1 atom stereocenters. The third kappa shape index (κ3) is 3.87. The van der Waals surface area contributed by atoms with E-state index in [9.17, 15) is 4.79 Å². The summed E-state index contributed by atoms with van der Waals surface area (Å²) in [7, 11) is 0. The van der Waals surface area contributed by atoms with Crippen LogP contribution in [-0.2, 0) is 4.79 Å². The van der Waals surface area contributed by atoms with Crippen molar-refractivity contribution in [3.8, 4) is 0 Å². The standard InChI is InChI=1S/C11H14BrNOS/c1-3-10(12)11(14)13-8-5-4-6-9(7-8)15-2/h4-7,10H,3H2,1-2H3,(H,13,14). The van der Waals surface area contributed by atoms with Crippen LogP contribution in [0.2, 0.25) is 0 Å². The minimum Gasteiger partial charge on any atom is -0.325 e. The minimum absolute atomic E-state index is 0.00996. The number of benzene rings is 1. The van der Waals surface area contributed by atoms with Crippen molar-refractivity contribution in [3.63, 3.8) is 0 Å². The first kappa shape index (κ1) is 12.6. The van der Waals surface area contributed by atoms with Gasteiger partial charge in [-0.05, 0) is 30.9 Å². The van der Waals surface area contributed by atoms with Gasteiger partial charge < -0.3 is 5.32 Å². The van der Waals surface area contributed by atoms with Crippen molar-refractivity contribution in [2.75, 3.05) is 11.6 Å². The Morgan fingerprint density at radius 1 is 1.60 bits per heavy atom. The number of hydrogen-bond donors (Lipinski definition) is 1. The van der Waals surface area contributed by atoms with Crippen LogP contribution in [0.25, 0.3) is 0 Å². The maximum Gasteiger partial charge on any atom is 0.238 e. The highest BCUT2D eigenvalue weighted by molar-refractivity contribution is 9.10. The summed E-state index contributed by atoms with van der Waals surface area (Å²) in [5.74, 6) is 0.00996. The van der Waals surface area contributed by atoms with Crippen molar-refractivity contribution in [2.45, 2.75) is 23.1 Å². The summed E-state index contributed by atoms with van der Waals surface area (Å²) in [5.41, 5.74) is 0.852. The Bertz CT molecular complexity index is 343. The molecule has 0 bridgehead atoms. The van der Waals surface area contributed by atoms with Gasteiger partial charge in [0.1, 0.15) is 0 Å². The second-order valence-electron chi connectivity index (χ2n) is 3.10. The van der Waals surface area contributed by atoms with E-state index in [1.54, 1.807) is 11.8 Å². The number of nitrogens with one attached hydrogen (secondary N) is 1. The molecule has 0 spiro atoms. The smallest absolute Gasteiger partial charge is 0.238 e. The molecule has 0 radical (unpaired) electrons. The largest absolute Gasteiger partial charge is 0.325 e. The predicted octanol–water partition coefficient (Wildman–Crippen LogP) is 3.52. The van der Waals surface area contributed by atoms with Gasteiger partial charge in [0.15, 0.2) is 0 Å².